The maximum absolute atomic E-state index is 13.5. The Morgan fingerprint density at radius 1 is 0.941 bits per heavy atom. The first-order chi connectivity index (χ1) is 16.2. The molecule has 0 bridgehead atoms. The van der Waals surface area contributed by atoms with Gasteiger partial charge in [-0.15, -0.1) is 0 Å². The van der Waals surface area contributed by atoms with Gasteiger partial charge in [0, 0.05) is 29.7 Å². The topological polar surface area (TPSA) is 190 Å². The van der Waals surface area contributed by atoms with E-state index in [-0.39, 0.29) is 51.5 Å². The first-order valence-corrected chi connectivity index (χ1v) is 10.4. The number of aromatic hydroxyl groups is 3. The molecule has 182 valence electrons. The lowest BCUT2D eigenvalue weighted by Crippen LogP contribution is -2.59. The molecule has 0 unspecified atom stereocenters. The summed E-state index contributed by atoms with van der Waals surface area (Å²) in [6, 6.07) is 6.28. The molecule has 0 aliphatic carbocycles. The molecule has 1 aliphatic rings. The van der Waals surface area contributed by atoms with Gasteiger partial charge in [-0.05, 0) is 18.2 Å². The predicted molar refractivity (Wildman–Crippen MR) is 117 cm³/mol. The maximum atomic E-state index is 13.5. The third-order valence-electron chi connectivity index (χ3n) is 5.89. The first-order valence-electron chi connectivity index (χ1n) is 10.4. The molecule has 5 atom stereocenters. The minimum atomic E-state index is -1.65. The predicted octanol–water partition coefficient (Wildman–Crippen LogP) is -0.0297. The standard InChI is InChI=1S/C23H24O11/c1-32-14-4-9(2-3-12(14)26)23-11(7-16-20(29)22(31)21(30)17(8-24)33-16)19(28)18-13(27)5-10(25)6-15(18)34-23/h2-6,16-17,20-22,24-27,29-31H,7-8H2,1H3/t16-,17+,20-,21+,22+/m0/s1. The summed E-state index contributed by atoms with van der Waals surface area (Å²) in [4.78, 5) is 13.5. The van der Waals surface area contributed by atoms with Crippen molar-refractivity contribution in [2.24, 2.45) is 0 Å². The van der Waals surface area contributed by atoms with E-state index in [4.69, 9.17) is 13.9 Å². The Morgan fingerprint density at radius 3 is 2.32 bits per heavy atom. The van der Waals surface area contributed by atoms with Crippen molar-refractivity contribution in [3.63, 3.8) is 0 Å². The number of phenolic OH excluding ortho intramolecular Hbond substituents is 3. The Balaban J connectivity index is 1.92. The summed E-state index contributed by atoms with van der Waals surface area (Å²) in [5.74, 6) is -0.992. The monoisotopic (exact) mass is 476 g/mol. The number of aliphatic hydroxyl groups is 4. The summed E-state index contributed by atoms with van der Waals surface area (Å²) >= 11 is 0. The van der Waals surface area contributed by atoms with E-state index in [9.17, 15) is 40.5 Å². The molecule has 0 radical (unpaired) electrons. The van der Waals surface area contributed by atoms with Crippen molar-refractivity contribution >= 4 is 11.0 Å². The van der Waals surface area contributed by atoms with Crippen molar-refractivity contribution in [1.82, 2.24) is 0 Å². The molecule has 3 aromatic rings. The van der Waals surface area contributed by atoms with E-state index in [1.54, 1.807) is 0 Å². The van der Waals surface area contributed by atoms with Gasteiger partial charge in [-0.3, -0.25) is 4.79 Å². The normalized spacial score (nSPS) is 24.9. The van der Waals surface area contributed by atoms with Crippen LogP contribution in [0.2, 0.25) is 0 Å². The number of hydrogen-bond acceptors (Lipinski definition) is 11. The van der Waals surface area contributed by atoms with Crippen LogP contribution in [0.25, 0.3) is 22.3 Å². The van der Waals surface area contributed by atoms with E-state index < -0.39 is 48.3 Å². The van der Waals surface area contributed by atoms with Crippen molar-refractivity contribution in [3.8, 4) is 34.3 Å². The number of fused-ring (bicyclic) bond motifs is 1. The van der Waals surface area contributed by atoms with Crippen LogP contribution in [0.4, 0.5) is 0 Å². The molecule has 2 heterocycles. The smallest absolute Gasteiger partial charge is 0.200 e. The highest BCUT2D eigenvalue weighted by molar-refractivity contribution is 5.87. The van der Waals surface area contributed by atoms with Gasteiger partial charge in [0.2, 0.25) is 0 Å². The van der Waals surface area contributed by atoms with Crippen LogP contribution in [0.5, 0.6) is 23.0 Å². The highest BCUT2D eigenvalue weighted by Crippen LogP contribution is 2.37. The van der Waals surface area contributed by atoms with Crippen LogP contribution in [0.15, 0.2) is 39.5 Å². The number of ether oxygens (including phenoxy) is 2. The quantitative estimate of drug-likeness (QED) is 0.262. The Labute approximate surface area is 192 Å². The molecule has 11 nitrogen and oxygen atoms in total. The molecule has 1 saturated heterocycles. The number of aliphatic hydroxyl groups excluding tert-OH is 4. The molecule has 0 saturated carbocycles. The van der Waals surface area contributed by atoms with Gasteiger partial charge in [-0.2, -0.15) is 0 Å². The molecule has 11 heteroatoms. The van der Waals surface area contributed by atoms with E-state index in [0.29, 0.717) is 0 Å². The van der Waals surface area contributed by atoms with Crippen LogP contribution in [-0.2, 0) is 11.2 Å². The minimum Gasteiger partial charge on any atom is -0.508 e. The Hall–Kier alpha value is -3.35. The fourth-order valence-electron chi connectivity index (χ4n) is 4.11. The summed E-state index contributed by atoms with van der Waals surface area (Å²) in [6.07, 6.45) is -7.57. The summed E-state index contributed by atoms with van der Waals surface area (Å²) in [6.45, 7) is -0.643. The second kappa shape index (κ2) is 9.12. The lowest BCUT2D eigenvalue weighted by molar-refractivity contribution is -0.228. The largest absolute Gasteiger partial charge is 0.508 e. The highest BCUT2D eigenvalue weighted by Gasteiger charge is 2.44. The number of benzene rings is 2. The minimum absolute atomic E-state index is 0.0299. The van der Waals surface area contributed by atoms with Crippen LogP contribution in [0.3, 0.4) is 0 Å². The van der Waals surface area contributed by atoms with Crippen molar-refractivity contribution < 1.29 is 49.6 Å². The van der Waals surface area contributed by atoms with Crippen molar-refractivity contribution in [3.05, 3.63) is 46.1 Å². The Morgan fingerprint density at radius 2 is 1.65 bits per heavy atom. The zero-order valence-electron chi connectivity index (χ0n) is 18.0. The second-order valence-electron chi connectivity index (χ2n) is 8.03. The van der Waals surface area contributed by atoms with Gasteiger partial charge < -0.3 is 49.6 Å². The number of phenols is 3. The molecule has 1 aliphatic heterocycles. The Kier molecular flexibility index (Phi) is 6.39. The number of methoxy groups -OCH3 is 1. The SMILES string of the molecule is COc1cc(-c2oc3cc(O)cc(O)c3c(=O)c2C[C@@H]2O[C@H](CO)[C@@H](O)[C@H](O)[C@H]2O)ccc1O. The van der Waals surface area contributed by atoms with Gasteiger partial charge in [0.05, 0.1) is 19.8 Å². The molecule has 1 aromatic heterocycles. The zero-order chi connectivity index (χ0) is 24.7. The molecular formula is C23H24O11. The maximum Gasteiger partial charge on any atom is 0.200 e. The molecule has 7 N–H and O–H groups in total. The summed E-state index contributed by atoms with van der Waals surface area (Å²) in [5.41, 5.74) is -0.596. The third-order valence-corrected chi connectivity index (χ3v) is 5.89. The molecule has 34 heavy (non-hydrogen) atoms. The molecule has 4 rings (SSSR count). The van der Waals surface area contributed by atoms with Gasteiger partial charge in [0.1, 0.15) is 52.6 Å². The average molecular weight is 476 g/mol. The summed E-state index contributed by atoms with van der Waals surface area (Å²) < 4.78 is 16.6. The number of rotatable bonds is 5. The fourth-order valence-corrected chi connectivity index (χ4v) is 4.11. The van der Waals surface area contributed by atoms with Gasteiger partial charge in [-0.25, -0.2) is 0 Å². The van der Waals surface area contributed by atoms with Crippen LogP contribution in [0, 0.1) is 0 Å². The average Bonchev–Trinajstić information content (AvgIpc) is 2.80. The van der Waals surface area contributed by atoms with E-state index in [0.717, 1.165) is 12.1 Å². The van der Waals surface area contributed by atoms with E-state index >= 15 is 0 Å². The lowest BCUT2D eigenvalue weighted by Gasteiger charge is -2.40. The van der Waals surface area contributed by atoms with Crippen LogP contribution >= 0.6 is 0 Å². The molecular weight excluding hydrogens is 452 g/mol. The summed E-state index contributed by atoms with van der Waals surface area (Å²) in [5, 5.41) is 70.0. The lowest BCUT2D eigenvalue weighted by atomic mass is 9.90. The van der Waals surface area contributed by atoms with E-state index in [1.807, 2.05) is 0 Å². The third kappa shape index (κ3) is 4.04. The Bertz CT molecular complexity index is 1270. The summed E-state index contributed by atoms with van der Waals surface area (Å²) in [7, 11) is 1.33. The van der Waals surface area contributed by atoms with Gasteiger partial charge in [0.25, 0.3) is 0 Å². The van der Waals surface area contributed by atoms with Crippen molar-refractivity contribution in [2.45, 2.75) is 36.9 Å². The molecule has 2 aromatic carbocycles. The number of hydrogen-bond donors (Lipinski definition) is 7. The van der Waals surface area contributed by atoms with Gasteiger partial charge in [-0.1, -0.05) is 0 Å². The second-order valence-corrected chi connectivity index (χ2v) is 8.03. The molecule has 1 fully saturated rings. The van der Waals surface area contributed by atoms with E-state index in [1.165, 1.54) is 25.3 Å². The zero-order valence-corrected chi connectivity index (χ0v) is 18.0. The molecule has 0 spiro atoms. The van der Waals surface area contributed by atoms with Crippen LogP contribution < -0.4 is 10.2 Å². The van der Waals surface area contributed by atoms with Crippen LogP contribution in [0.1, 0.15) is 5.56 Å². The highest BCUT2D eigenvalue weighted by atomic mass is 16.5. The van der Waals surface area contributed by atoms with Crippen molar-refractivity contribution in [2.75, 3.05) is 13.7 Å². The van der Waals surface area contributed by atoms with Crippen molar-refractivity contribution in [1.29, 1.82) is 0 Å². The van der Waals surface area contributed by atoms with Crippen LogP contribution in [-0.4, -0.2) is 80.0 Å². The molecule has 0 amide bonds. The first kappa shape index (κ1) is 23.8. The van der Waals surface area contributed by atoms with Gasteiger partial charge in [0.15, 0.2) is 16.9 Å². The fraction of sp³-hybridized carbons (Fsp3) is 0.348. The van der Waals surface area contributed by atoms with Gasteiger partial charge >= 0.3 is 0 Å². The van der Waals surface area contributed by atoms with E-state index in [2.05, 4.69) is 0 Å².